The molecule has 0 amide bonds. The lowest BCUT2D eigenvalue weighted by molar-refractivity contribution is -0.135. The summed E-state index contributed by atoms with van der Waals surface area (Å²) in [6.45, 7) is 2.00. The summed E-state index contributed by atoms with van der Waals surface area (Å²) < 4.78 is 0. The third-order valence-corrected chi connectivity index (χ3v) is 1.54. The Balaban J connectivity index is 3.30. The van der Waals surface area contributed by atoms with Gasteiger partial charge in [0.05, 0.1) is 4.99 Å². The molecule has 0 heterocycles. The molecule has 0 atom stereocenters. The van der Waals surface area contributed by atoms with Gasteiger partial charge in [0.25, 0.3) is 0 Å². The predicted molar refractivity (Wildman–Crippen MR) is 47.8 cm³/mol. The van der Waals surface area contributed by atoms with E-state index in [4.69, 9.17) is 17.3 Å². The zero-order chi connectivity index (χ0) is 8.69. The van der Waals surface area contributed by atoms with E-state index in [1.165, 1.54) is 0 Å². The molecule has 0 spiro atoms. The van der Waals surface area contributed by atoms with E-state index in [0.29, 0.717) is 4.99 Å². The highest BCUT2D eigenvalue weighted by Crippen LogP contribution is 1.94. The summed E-state index contributed by atoms with van der Waals surface area (Å²) in [6, 6.07) is 0. The topological polar surface area (TPSA) is 49.3 Å². The molecule has 0 aromatic rings. The van der Waals surface area contributed by atoms with E-state index in [1.807, 2.05) is 0 Å². The van der Waals surface area contributed by atoms with E-state index in [1.54, 1.807) is 0 Å². The lowest BCUT2D eigenvalue weighted by atomic mass is 10.2. The summed E-state index contributed by atoms with van der Waals surface area (Å²) in [5, 5.41) is 10.9. The van der Waals surface area contributed by atoms with Crippen LogP contribution in [0.3, 0.4) is 0 Å². The fraction of sp³-hybridized carbons (Fsp3) is 0.714. The lowest BCUT2D eigenvalue weighted by Crippen LogP contribution is -2.27. The Kier molecular flexibility index (Phi) is 5.74. The van der Waals surface area contributed by atoms with E-state index in [2.05, 4.69) is 12.2 Å². The number of carbonyl (C=O) groups is 1. The van der Waals surface area contributed by atoms with Gasteiger partial charge in [-0.2, -0.15) is 0 Å². The SMILES string of the molecule is CCCCC(=S)NCC(=O)O. The molecule has 0 aromatic carbocycles. The summed E-state index contributed by atoms with van der Waals surface area (Å²) in [6.07, 6.45) is 2.89. The quantitative estimate of drug-likeness (QED) is 0.616. The molecule has 0 radical (unpaired) electrons. The predicted octanol–water partition coefficient (Wildman–Crippen LogP) is 1.18. The Hall–Kier alpha value is -0.640. The highest BCUT2D eigenvalue weighted by molar-refractivity contribution is 7.80. The van der Waals surface area contributed by atoms with Crippen molar-refractivity contribution in [3.05, 3.63) is 0 Å². The van der Waals surface area contributed by atoms with E-state index in [0.717, 1.165) is 19.3 Å². The molecule has 0 aliphatic heterocycles. The average Bonchev–Trinajstić information content (AvgIpc) is 1.97. The molecule has 3 nitrogen and oxygen atoms in total. The Morgan fingerprint density at radius 2 is 2.27 bits per heavy atom. The van der Waals surface area contributed by atoms with Gasteiger partial charge in [0, 0.05) is 0 Å². The normalized spacial score (nSPS) is 9.18. The number of aliphatic carboxylic acids is 1. The fourth-order valence-electron chi connectivity index (χ4n) is 0.600. The molecule has 0 bridgehead atoms. The largest absolute Gasteiger partial charge is 0.480 e. The zero-order valence-corrected chi connectivity index (χ0v) is 7.41. The molecule has 0 fully saturated rings. The molecule has 0 unspecified atom stereocenters. The maximum atomic E-state index is 10.1. The van der Waals surface area contributed by atoms with Gasteiger partial charge in [-0.25, -0.2) is 0 Å². The Morgan fingerprint density at radius 1 is 1.64 bits per heavy atom. The molecular formula is C7H13NO2S. The summed E-state index contributed by atoms with van der Waals surface area (Å²) in [4.78, 5) is 10.7. The first-order valence-electron chi connectivity index (χ1n) is 3.65. The number of carboxylic acids is 1. The fourth-order valence-corrected chi connectivity index (χ4v) is 0.816. The monoisotopic (exact) mass is 175 g/mol. The number of nitrogens with one attached hydrogen (secondary N) is 1. The minimum atomic E-state index is -0.871. The smallest absolute Gasteiger partial charge is 0.322 e. The first-order chi connectivity index (χ1) is 5.16. The number of carboxylic acid groups (broad SMARTS) is 1. The van der Waals surface area contributed by atoms with Crippen LogP contribution in [0.5, 0.6) is 0 Å². The highest BCUT2D eigenvalue weighted by atomic mass is 32.1. The van der Waals surface area contributed by atoms with E-state index >= 15 is 0 Å². The van der Waals surface area contributed by atoms with Crippen molar-refractivity contribution < 1.29 is 9.90 Å². The second-order valence-electron chi connectivity index (χ2n) is 2.27. The van der Waals surface area contributed by atoms with Gasteiger partial charge < -0.3 is 10.4 Å². The van der Waals surface area contributed by atoms with Gasteiger partial charge in [-0.3, -0.25) is 4.79 Å². The number of hydrogen-bond donors (Lipinski definition) is 2. The van der Waals surface area contributed by atoms with Crippen LogP contribution in [-0.2, 0) is 4.79 Å². The number of hydrogen-bond acceptors (Lipinski definition) is 2. The van der Waals surface area contributed by atoms with Crippen LogP contribution in [0.2, 0.25) is 0 Å². The third-order valence-electron chi connectivity index (χ3n) is 1.19. The van der Waals surface area contributed by atoms with Crippen LogP contribution < -0.4 is 5.32 Å². The van der Waals surface area contributed by atoms with Crippen molar-refractivity contribution in [1.82, 2.24) is 5.32 Å². The van der Waals surface area contributed by atoms with Crippen molar-refractivity contribution in [2.45, 2.75) is 26.2 Å². The lowest BCUT2D eigenvalue weighted by Gasteiger charge is -2.02. The van der Waals surface area contributed by atoms with E-state index in [-0.39, 0.29) is 6.54 Å². The van der Waals surface area contributed by atoms with Gasteiger partial charge in [-0.05, 0) is 12.8 Å². The molecule has 0 aromatic heterocycles. The van der Waals surface area contributed by atoms with Crippen molar-refractivity contribution in [2.75, 3.05) is 6.54 Å². The van der Waals surface area contributed by atoms with Gasteiger partial charge in [0.15, 0.2) is 0 Å². The van der Waals surface area contributed by atoms with Crippen LogP contribution in [0.25, 0.3) is 0 Å². The molecule has 0 aliphatic carbocycles. The Morgan fingerprint density at radius 3 is 2.73 bits per heavy atom. The summed E-state index contributed by atoms with van der Waals surface area (Å²) >= 11 is 4.86. The standard InChI is InChI=1S/C7H13NO2S/c1-2-3-4-6(11)8-5-7(9)10/h2-5H2,1H3,(H,8,11)(H,9,10). The molecule has 0 saturated carbocycles. The van der Waals surface area contributed by atoms with Crippen LogP contribution in [0, 0.1) is 0 Å². The van der Waals surface area contributed by atoms with Crippen molar-refractivity contribution in [2.24, 2.45) is 0 Å². The van der Waals surface area contributed by atoms with Crippen LogP contribution in [0.4, 0.5) is 0 Å². The summed E-state index contributed by atoms with van der Waals surface area (Å²) in [5.41, 5.74) is 0. The van der Waals surface area contributed by atoms with Gasteiger partial charge >= 0.3 is 5.97 Å². The van der Waals surface area contributed by atoms with Gasteiger partial charge in [0.1, 0.15) is 6.54 Å². The highest BCUT2D eigenvalue weighted by Gasteiger charge is 1.98. The van der Waals surface area contributed by atoms with E-state index in [9.17, 15) is 4.79 Å². The van der Waals surface area contributed by atoms with Crippen LogP contribution >= 0.6 is 12.2 Å². The van der Waals surface area contributed by atoms with Gasteiger partial charge in [-0.15, -0.1) is 0 Å². The van der Waals surface area contributed by atoms with Crippen LogP contribution in [0.1, 0.15) is 26.2 Å². The molecule has 0 saturated heterocycles. The number of thiocarbonyl (C=S) groups is 1. The summed E-state index contributed by atoms with van der Waals surface area (Å²) in [5.74, 6) is -0.871. The van der Waals surface area contributed by atoms with Gasteiger partial charge in [-0.1, -0.05) is 25.6 Å². The van der Waals surface area contributed by atoms with Crippen molar-refractivity contribution in [3.63, 3.8) is 0 Å². The number of rotatable bonds is 5. The molecule has 2 N–H and O–H groups in total. The summed E-state index contributed by atoms with van der Waals surface area (Å²) in [7, 11) is 0. The number of unbranched alkanes of at least 4 members (excludes halogenated alkanes) is 1. The maximum absolute atomic E-state index is 10.1. The second kappa shape index (κ2) is 6.09. The van der Waals surface area contributed by atoms with Crippen LogP contribution in [-0.4, -0.2) is 22.6 Å². The zero-order valence-electron chi connectivity index (χ0n) is 6.59. The van der Waals surface area contributed by atoms with Crippen molar-refractivity contribution in [1.29, 1.82) is 0 Å². The first-order valence-corrected chi connectivity index (χ1v) is 4.06. The van der Waals surface area contributed by atoms with Crippen molar-refractivity contribution >= 4 is 23.2 Å². The first kappa shape index (κ1) is 10.4. The second-order valence-corrected chi connectivity index (χ2v) is 2.77. The Bertz CT molecular complexity index is 147. The molecular weight excluding hydrogens is 162 g/mol. The van der Waals surface area contributed by atoms with Gasteiger partial charge in [0.2, 0.25) is 0 Å². The van der Waals surface area contributed by atoms with Crippen molar-refractivity contribution in [3.8, 4) is 0 Å². The Labute approximate surface area is 71.8 Å². The minimum Gasteiger partial charge on any atom is -0.480 e. The molecule has 0 rings (SSSR count). The van der Waals surface area contributed by atoms with E-state index < -0.39 is 5.97 Å². The average molecular weight is 175 g/mol. The molecule has 64 valence electrons. The minimum absolute atomic E-state index is 0.0669. The van der Waals surface area contributed by atoms with Crippen LogP contribution in [0.15, 0.2) is 0 Å². The molecule has 11 heavy (non-hydrogen) atoms. The maximum Gasteiger partial charge on any atom is 0.322 e. The molecule has 0 aliphatic rings. The third kappa shape index (κ3) is 7.25. The molecule has 4 heteroatoms.